The molecular weight excluding hydrogens is 507 g/mol. The Morgan fingerprint density at radius 2 is 1.94 bits per heavy atom. The van der Waals surface area contributed by atoms with E-state index in [-0.39, 0.29) is 0 Å². The van der Waals surface area contributed by atoms with Crippen molar-refractivity contribution in [3.8, 4) is 0 Å². The first-order valence-corrected chi connectivity index (χ1v) is 13.1. The van der Waals surface area contributed by atoms with Gasteiger partial charge in [0.25, 0.3) is 0 Å². The first kappa shape index (κ1) is 27.2. The summed E-state index contributed by atoms with van der Waals surface area (Å²) in [6, 6.07) is 0. The SMILES string of the molecule is CC(=S)NCCCCCCNc1nc(S)c2ncn([C@@H]3O[C@H](COP(=O)(O)O)[C@H](O)C3O)c2n1. The van der Waals surface area contributed by atoms with Gasteiger partial charge in [0, 0.05) is 13.1 Å². The molecule has 2 aromatic rings. The Hall–Kier alpha value is -1.42. The van der Waals surface area contributed by atoms with Gasteiger partial charge in [0.05, 0.1) is 17.9 Å². The van der Waals surface area contributed by atoms with Crippen molar-refractivity contribution < 1.29 is 33.8 Å². The smallest absolute Gasteiger partial charge is 0.387 e. The van der Waals surface area contributed by atoms with Crippen LogP contribution in [0.4, 0.5) is 5.95 Å². The number of thiocarbonyl (C=S) groups is 1. The Balaban J connectivity index is 1.61. The van der Waals surface area contributed by atoms with E-state index >= 15 is 0 Å². The summed E-state index contributed by atoms with van der Waals surface area (Å²) in [6.07, 6.45) is 0.287. The number of fused-ring (bicyclic) bond motifs is 1. The van der Waals surface area contributed by atoms with Crippen molar-refractivity contribution in [1.29, 1.82) is 0 Å². The quantitative estimate of drug-likeness (QED) is 0.0664. The molecule has 0 aromatic carbocycles. The van der Waals surface area contributed by atoms with Crippen LogP contribution in [-0.2, 0) is 13.8 Å². The normalized spacial score (nSPS) is 22.9. The van der Waals surface area contributed by atoms with E-state index in [4.69, 9.17) is 26.7 Å². The van der Waals surface area contributed by atoms with Crippen molar-refractivity contribution in [1.82, 2.24) is 24.8 Å². The predicted octanol–water partition coefficient (Wildman–Crippen LogP) is 0.753. The van der Waals surface area contributed by atoms with E-state index in [1.807, 2.05) is 6.92 Å². The number of nitrogens with one attached hydrogen (secondary N) is 2. The number of phosphoric acid groups is 1. The third-order valence-electron chi connectivity index (χ3n) is 5.18. The predicted molar refractivity (Wildman–Crippen MR) is 130 cm³/mol. The molecule has 0 amide bonds. The van der Waals surface area contributed by atoms with Crippen molar-refractivity contribution >= 4 is 54.8 Å². The number of unbranched alkanes of at least 4 members (excludes halogenated alkanes) is 3. The third-order valence-corrected chi connectivity index (χ3v) is 6.12. The van der Waals surface area contributed by atoms with Gasteiger partial charge in [-0.1, -0.05) is 25.1 Å². The maximum Gasteiger partial charge on any atom is 0.469 e. The molecule has 0 saturated carbocycles. The Kier molecular flexibility index (Phi) is 9.60. The highest BCUT2D eigenvalue weighted by molar-refractivity contribution is 7.80. The number of thiol groups is 1. The number of nitrogens with zero attached hydrogens (tertiary/aromatic N) is 4. The summed E-state index contributed by atoms with van der Waals surface area (Å²) >= 11 is 9.35. The molecule has 190 valence electrons. The molecule has 0 spiro atoms. The second-order valence-electron chi connectivity index (χ2n) is 7.85. The van der Waals surface area contributed by atoms with Gasteiger partial charge in [-0.15, -0.1) is 12.6 Å². The van der Waals surface area contributed by atoms with Crippen LogP contribution in [0.15, 0.2) is 11.4 Å². The van der Waals surface area contributed by atoms with Crippen molar-refractivity contribution in [2.75, 3.05) is 25.0 Å². The van der Waals surface area contributed by atoms with Gasteiger partial charge < -0.3 is 35.4 Å². The molecule has 1 unspecified atom stereocenters. The van der Waals surface area contributed by atoms with Gasteiger partial charge in [0.2, 0.25) is 5.95 Å². The number of aliphatic hydroxyl groups excluding tert-OH is 2. The van der Waals surface area contributed by atoms with Crippen LogP contribution in [0.2, 0.25) is 0 Å². The fourth-order valence-electron chi connectivity index (χ4n) is 3.50. The number of anilines is 1. The minimum absolute atomic E-state index is 0.317. The fourth-order valence-corrected chi connectivity index (χ4v) is 4.20. The van der Waals surface area contributed by atoms with Crippen LogP contribution in [0.25, 0.3) is 11.2 Å². The Bertz CT molecular complexity index is 1040. The molecule has 1 aliphatic rings. The number of rotatable bonds is 12. The van der Waals surface area contributed by atoms with E-state index in [9.17, 15) is 14.8 Å². The second-order valence-corrected chi connectivity index (χ2v) is 10.1. The number of ether oxygens (including phenoxy) is 1. The number of hydrogen-bond donors (Lipinski definition) is 7. The molecule has 13 nitrogen and oxygen atoms in total. The summed E-state index contributed by atoms with van der Waals surface area (Å²) in [7, 11) is -4.76. The first-order chi connectivity index (χ1) is 16.1. The molecule has 16 heteroatoms. The molecule has 0 aliphatic carbocycles. The van der Waals surface area contributed by atoms with Crippen LogP contribution in [0.5, 0.6) is 0 Å². The van der Waals surface area contributed by atoms with E-state index in [0.717, 1.165) is 37.2 Å². The van der Waals surface area contributed by atoms with Crippen LogP contribution >= 0.6 is 32.7 Å². The minimum Gasteiger partial charge on any atom is -0.387 e. The zero-order valence-corrected chi connectivity index (χ0v) is 21.0. The molecule has 0 bridgehead atoms. The lowest BCUT2D eigenvalue weighted by Crippen LogP contribution is -2.33. The number of hydrogen-bond acceptors (Lipinski definition) is 11. The topological polar surface area (TPSA) is 184 Å². The van der Waals surface area contributed by atoms with Crippen molar-refractivity contribution in [2.45, 2.75) is 62.2 Å². The summed E-state index contributed by atoms with van der Waals surface area (Å²) in [5.41, 5.74) is 0.687. The molecular formula is C18H29N6O7PS2. The van der Waals surface area contributed by atoms with Gasteiger partial charge in [-0.2, -0.15) is 4.98 Å². The van der Waals surface area contributed by atoms with Crippen LogP contribution in [0, 0.1) is 0 Å². The van der Waals surface area contributed by atoms with Gasteiger partial charge >= 0.3 is 7.82 Å². The molecule has 4 atom stereocenters. The van der Waals surface area contributed by atoms with Crippen LogP contribution in [0.1, 0.15) is 38.8 Å². The van der Waals surface area contributed by atoms with Gasteiger partial charge in [-0.3, -0.25) is 9.09 Å². The standard InChI is InChI=1S/C18H29N6O7PS2/c1-10(33)19-6-4-2-3-5-7-20-18-22-15-12(16(34)23-18)21-9-24(15)17-14(26)13(25)11(31-17)8-30-32(27,28)29/h9,11,13-14,17,25-26H,2-8H2,1H3,(H,19,33)(H2,27,28,29)(H2,20,22,23,34)/t11-,13+,14?,17-/m1/s1. The largest absolute Gasteiger partial charge is 0.469 e. The molecule has 3 rings (SSSR count). The van der Waals surface area contributed by atoms with Crippen molar-refractivity contribution in [2.24, 2.45) is 0 Å². The molecule has 0 radical (unpaired) electrons. The van der Waals surface area contributed by atoms with Crippen LogP contribution < -0.4 is 10.6 Å². The maximum atomic E-state index is 11.0. The number of aromatic nitrogens is 4. The van der Waals surface area contributed by atoms with Gasteiger partial charge in [-0.25, -0.2) is 14.5 Å². The van der Waals surface area contributed by atoms with Crippen molar-refractivity contribution in [3.63, 3.8) is 0 Å². The average molecular weight is 537 g/mol. The third kappa shape index (κ3) is 7.29. The molecule has 1 aliphatic heterocycles. The number of aliphatic hydroxyl groups is 2. The second kappa shape index (κ2) is 12.0. The van der Waals surface area contributed by atoms with E-state index in [0.29, 0.717) is 28.7 Å². The number of imidazole rings is 1. The summed E-state index contributed by atoms with van der Waals surface area (Å²) in [5, 5.41) is 27.3. The minimum atomic E-state index is -4.76. The van der Waals surface area contributed by atoms with Gasteiger partial charge in [0.15, 0.2) is 11.9 Å². The summed E-state index contributed by atoms with van der Waals surface area (Å²) < 4.78 is 22.4. The van der Waals surface area contributed by atoms with E-state index in [1.165, 1.54) is 10.9 Å². The van der Waals surface area contributed by atoms with E-state index < -0.39 is 39.0 Å². The first-order valence-electron chi connectivity index (χ1n) is 10.7. The van der Waals surface area contributed by atoms with Crippen molar-refractivity contribution in [3.05, 3.63) is 6.33 Å². The molecule has 6 N–H and O–H groups in total. The Morgan fingerprint density at radius 1 is 1.24 bits per heavy atom. The average Bonchev–Trinajstić information content (AvgIpc) is 3.29. The van der Waals surface area contributed by atoms with Crippen LogP contribution in [-0.4, -0.2) is 82.5 Å². The summed E-state index contributed by atoms with van der Waals surface area (Å²) in [5.74, 6) is 0.326. The maximum absolute atomic E-state index is 11.0. The zero-order chi connectivity index (χ0) is 24.9. The molecule has 34 heavy (non-hydrogen) atoms. The van der Waals surface area contributed by atoms with Gasteiger partial charge in [-0.05, 0) is 19.8 Å². The summed E-state index contributed by atoms with van der Waals surface area (Å²) in [4.78, 5) is 31.5. The lowest BCUT2D eigenvalue weighted by Gasteiger charge is -2.17. The van der Waals surface area contributed by atoms with E-state index in [1.54, 1.807) is 0 Å². The fraction of sp³-hybridized carbons (Fsp3) is 0.667. The Morgan fingerprint density at radius 3 is 2.62 bits per heavy atom. The van der Waals surface area contributed by atoms with Crippen LogP contribution in [0.3, 0.4) is 0 Å². The summed E-state index contributed by atoms with van der Waals surface area (Å²) in [6.45, 7) is 2.77. The lowest BCUT2D eigenvalue weighted by molar-refractivity contribution is -0.0503. The number of phosphoric ester groups is 1. The highest BCUT2D eigenvalue weighted by atomic mass is 32.1. The lowest BCUT2D eigenvalue weighted by atomic mass is 10.1. The van der Waals surface area contributed by atoms with E-state index in [2.05, 4.69) is 42.7 Å². The molecule has 3 heterocycles. The Labute approximate surface area is 206 Å². The zero-order valence-electron chi connectivity index (χ0n) is 18.4. The molecule has 1 saturated heterocycles. The molecule has 2 aromatic heterocycles. The molecule has 1 fully saturated rings. The monoisotopic (exact) mass is 536 g/mol. The highest BCUT2D eigenvalue weighted by Gasteiger charge is 2.45. The highest BCUT2D eigenvalue weighted by Crippen LogP contribution is 2.39. The van der Waals surface area contributed by atoms with Gasteiger partial charge in [0.1, 0.15) is 28.9 Å².